The van der Waals surface area contributed by atoms with Crippen molar-refractivity contribution in [3.63, 3.8) is 0 Å². The second-order valence-electron chi connectivity index (χ2n) is 8.11. The second-order valence-corrected chi connectivity index (χ2v) is 8.11. The molecular formula is C26H22N2O4. The van der Waals surface area contributed by atoms with Gasteiger partial charge in [-0.25, -0.2) is 0 Å². The minimum atomic E-state index is -0.589. The number of carbonyl (C=O) groups is 1. The monoisotopic (exact) mass is 426 g/mol. The number of methoxy groups -OCH3 is 1. The van der Waals surface area contributed by atoms with Crippen LogP contribution < -0.4 is 10.2 Å². The molecule has 1 aliphatic heterocycles. The number of amides is 1. The van der Waals surface area contributed by atoms with Crippen LogP contribution in [0.2, 0.25) is 0 Å². The van der Waals surface area contributed by atoms with Gasteiger partial charge in [0.25, 0.3) is 5.91 Å². The predicted molar refractivity (Wildman–Crippen MR) is 121 cm³/mol. The molecule has 3 heterocycles. The quantitative estimate of drug-likeness (QED) is 0.478. The Balaban J connectivity index is 1.77. The van der Waals surface area contributed by atoms with E-state index in [0.717, 1.165) is 22.3 Å². The Labute approximate surface area is 185 Å². The van der Waals surface area contributed by atoms with Gasteiger partial charge in [-0.3, -0.25) is 14.6 Å². The summed E-state index contributed by atoms with van der Waals surface area (Å²) in [7, 11) is 1.59. The molecule has 0 saturated heterocycles. The Hall–Kier alpha value is -3.93. The highest BCUT2D eigenvalue weighted by molar-refractivity contribution is 5.99. The molecule has 2 aromatic heterocycles. The molecule has 160 valence electrons. The molecule has 6 nitrogen and oxygen atoms in total. The molecule has 0 bridgehead atoms. The van der Waals surface area contributed by atoms with Crippen LogP contribution in [0, 0.1) is 13.8 Å². The van der Waals surface area contributed by atoms with Crippen molar-refractivity contribution in [2.24, 2.45) is 0 Å². The molecule has 0 fully saturated rings. The molecule has 32 heavy (non-hydrogen) atoms. The largest absolute Gasteiger partial charge is 0.497 e. The van der Waals surface area contributed by atoms with Crippen molar-refractivity contribution < 1.29 is 13.9 Å². The Morgan fingerprint density at radius 3 is 2.69 bits per heavy atom. The zero-order valence-electron chi connectivity index (χ0n) is 18.1. The lowest BCUT2D eigenvalue weighted by Gasteiger charge is -2.25. The fraction of sp³-hybridized carbons (Fsp3) is 0.192. The molecule has 1 aliphatic rings. The fourth-order valence-electron chi connectivity index (χ4n) is 4.48. The number of nitrogens with zero attached hydrogens (tertiary/aromatic N) is 2. The average molecular weight is 426 g/mol. The summed E-state index contributed by atoms with van der Waals surface area (Å²) < 4.78 is 11.5. The summed E-state index contributed by atoms with van der Waals surface area (Å²) in [5.41, 5.74) is 4.10. The number of pyridine rings is 1. The molecule has 2 aromatic carbocycles. The molecule has 1 atom stereocenters. The lowest BCUT2D eigenvalue weighted by Crippen LogP contribution is -2.29. The van der Waals surface area contributed by atoms with Crippen molar-refractivity contribution in [2.45, 2.75) is 26.4 Å². The fourth-order valence-corrected chi connectivity index (χ4v) is 4.48. The van der Waals surface area contributed by atoms with Gasteiger partial charge in [-0.2, -0.15) is 0 Å². The first-order valence-corrected chi connectivity index (χ1v) is 10.4. The highest BCUT2D eigenvalue weighted by atomic mass is 16.5. The highest BCUT2D eigenvalue weighted by Gasteiger charge is 2.43. The number of hydrogen-bond donors (Lipinski definition) is 0. The van der Waals surface area contributed by atoms with Crippen LogP contribution in [0.15, 0.2) is 70.1 Å². The van der Waals surface area contributed by atoms with Gasteiger partial charge in [0.2, 0.25) is 5.76 Å². The third-order valence-electron chi connectivity index (χ3n) is 5.88. The summed E-state index contributed by atoms with van der Waals surface area (Å²) in [6.07, 6.45) is 3.41. The molecule has 0 N–H and O–H groups in total. The van der Waals surface area contributed by atoms with Crippen molar-refractivity contribution in [1.82, 2.24) is 9.88 Å². The van der Waals surface area contributed by atoms with Crippen LogP contribution in [0.5, 0.6) is 5.75 Å². The van der Waals surface area contributed by atoms with E-state index >= 15 is 0 Å². The van der Waals surface area contributed by atoms with Gasteiger partial charge in [-0.15, -0.1) is 0 Å². The van der Waals surface area contributed by atoms with Crippen LogP contribution in [0.25, 0.3) is 11.0 Å². The number of benzene rings is 2. The smallest absolute Gasteiger partial charge is 0.291 e. The maximum atomic E-state index is 13.7. The van der Waals surface area contributed by atoms with Crippen molar-refractivity contribution in [2.75, 3.05) is 7.11 Å². The molecule has 0 aliphatic carbocycles. The summed E-state index contributed by atoms with van der Waals surface area (Å²) in [4.78, 5) is 33.1. The van der Waals surface area contributed by atoms with Gasteiger partial charge in [0.15, 0.2) is 5.43 Å². The van der Waals surface area contributed by atoms with Crippen molar-refractivity contribution in [3.8, 4) is 5.75 Å². The molecule has 6 heteroatoms. The summed E-state index contributed by atoms with van der Waals surface area (Å²) in [6, 6.07) is 14.4. The number of ether oxygens (including phenoxy) is 1. The second kappa shape index (κ2) is 7.64. The van der Waals surface area contributed by atoms with Crippen LogP contribution in [-0.2, 0) is 6.54 Å². The van der Waals surface area contributed by atoms with Crippen LogP contribution in [0.3, 0.4) is 0 Å². The van der Waals surface area contributed by atoms with Gasteiger partial charge in [0.1, 0.15) is 11.3 Å². The van der Waals surface area contributed by atoms with Gasteiger partial charge in [-0.1, -0.05) is 24.3 Å². The number of aromatic nitrogens is 1. The summed E-state index contributed by atoms with van der Waals surface area (Å²) in [5, 5.41) is 0.491. The summed E-state index contributed by atoms with van der Waals surface area (Å²) in [6.45, 7) is 4.13. The number of carbonyl (C=O) groups excluding carboxylic acids is 1. The molecule has 1 amide bonds. The maximum Gasteiger partial charge on any atom is 0.291 e. The van der Waals surface area contributed by atoms with Gasteiger partial charge in [0, 0.05) is 18.9 Å². The zero-order chi connectivity index (χ0) is 22.4. The predicted octanol–water partition coefficient (Wildman–Crippen LogP) is 4.56. The minimum absolute atomic E-state index is 0.103. The molecule has 5 rings (SSSR count). The Kier molecular flexibility index (Phi) is 4.78. The first kappa shape index (κ1) is 20.0. The van der Waals surface area contributed by atoms with Gasteiger partial charge < -0.3 is 14.1 Å². The van der Waals surface area contributed by atoms with Crippen LogP contribution in [0.4, 0.5) is 0 Å². The Morgan fingerprint density at radius 2 is 1.94 bits per heavy atom. The van der Waals surface area contributed by atoms with E-state index < -0.39 is 6.04 Å². The van der Waals surface area contributed by atoms with Crippen LogP contribution >= 0.6 is 0 Å². The Bertz CT molecular complexity index is 1410. The number of hydrogen-bond acceptors (Lipinski definition) is 5. The number of aryl methyl sites for hydroxylation is 2. The van der Waals surface area contributed by atoms with Crippen molar-refractivity contribution in [3.05, 3.63) is 105 Å². The number of rotatable bonds is 4. The average Bonchev–Trinajstić information content (AvgIpc) is 3.07. The number of fused-ring (bicyclic) bond motifs is 2. The molecular weight excluding hydrogens is 404 g/mol. The minimum Gasteiger partial charge on any atom is -0.497 e. The van der Waals surface area contributed by atoms with E-state index in [1.807, 2.05) is 62.4 Å². The summed E-state index contributed by atoms with van der Waals surface area (Å²) >= 11 is 0. The van der Waals surface area contributed by atoms with Crippen LogP contribution in [0.1, 0.15) is 44.4 Å². The SMILES string of the molecule is COc1cccc([C@H]2c3c(oc4c(C)cc(C)cc4c3=O)C(=O)N2Cc2cccnc2)c1. The van der Waals surface area contributed by atoms with Gasteiger partial charge >= 0.3 is 0 Å². The third-order valence-corrected chi connectivity index (χ3v) is 5.88. The maximum absolute atomic E-state index is 13.7. The standard InChI is InChI=1S/C26H22N2O4/c1-15-10-16(2)24-20(11-15)23(29)21-22(18-7-4-8-19(12-18)31-3)28(26(30)25(21)32-24)14-17-6-5-9-27-13-17/h4-13,22H,14H2,1-3H3/t22-/m0/s1. The van der Waals surface area contributed by atoms with E-state index in [1.165, 1.54) is 0 Å². The van der Waals surface area contributed by atoms with Crippen molar-refractivity contribution >= 4 is 16.9 Å². The molecule has 0 saturated carbocycles. The highest BCUT2D eigenvalue weighted by Crippen LogP contribution is 2.40. The first-order chi connectivity index (χ1) is 15.5. The molecule has 0 spiro atoms. The van der Waals surface area contributed by atoms with Gasteiger partial charge in [0.05, 0.1) is 24.1 Å². The van der Waals surface area contributed by atoms with Gasteiger partial charge in [-0.05, 0) is 60.4 Å². The third kappa shape index (κ3) is 3.15. The van der Waals surface area contributed by atoms with E-state index in [2.05, 4.69) is 4.98 Å². The van der Waals surface area contributed by atoms with E-state index in [-0.39, 0.29) is 17.1 Å². The zero-order valence-corrected chi connectivity index (χ0v) is 18.1. The van der Waals surface area contributed by atoms with Crippen LogP contribution in [-0.4, -0.2) is 22.9 Å². The lowest BCUT2D eigenvalue weighted by atomic mass is 9.97. The lowest BCUT2D eigenvalue weighted by molar-refractivity contribution is 0.0714. The van der Waals surface area contributed by atoms with E-state index in [9.17, 15) is 9.59 Å². The van der Waals surface area contributed by atoms with E-state index in [0.29, 0.717) is 28.8 Å². The topological polar surface area (TPSA) is 72.6 Å². The molecule has 0 radical (unpaired) electrons. The Morgan fingerprint density at radius 1 is 1.09 bits per heavy atom. The summed E-state index contributed by atoms with van der Waals surface area (Å²) in [5.74, 6) is 0.448. The van der Waals surface area contributed by atoms with E-state index in [4.69, 9.17) is 9.15 Å². The molecule has 0 unspecified atom stereocenters. The first-order valence-electron chi connectivity index (χ1n) is 10.4. The van der Waals surface area contributed by atoms with E-state index in [1.54, 1.807) is 24.4 Å². The molecule has 4 aromatic rings. The van der Waals surface area contributed by atoms with Crippen molar-refractivity contribution in [1.29, 1.82) is 0 Å². The normalized spacial score (nSPS) is 15.3.